The molecule has 0 unspecified atom stereocenters. The van der Waals surface area contributed by atoms with Crippen molar-refractivity contribution in [1.29, 1.82) is 0 Å². The zero-order valence-electron chi connectivity index (χ0n) is 9.63. The molecule has 1 N–H and O–H groups in total. The van der Waals surface area contributed by atoms with Gasteiger partial charge in [-0.25, -0.2) is 4.39 Å². The van der Waals surface area contributed by atoms with Crippen LogP contribution in [0.25, 0.3) is 0 Å². The average molecular weight is 226 g/mol. The number of ether oxygens (including phenoxy) is 1. The molecular formula is C12H15FO3. The van der Waals surface area contributed by atoms with E-state index in [4.69, 9.17) is 9.84 Å². The molecular weight excluding hydrogens is 211 g/mol. The van der Waals surface area contributed by atoms with Crippen LogP contribution in [0, 0.1) is 12.7 Å². The fraction of sp³-hybridized carbons (Fsp3) is 0.417. The van der Waals surface area contributed by atoms with Crippen molar-refractivity contribution in [2.75, 3.05) is 7.11 Å². The third-order valence-electron chi connectivity index (χ3n) is 2.56. The van der Waals surface area contributed by atoms with E-state index in [2.05, 4.69) is 0 Å². The molecule has 1 aromatic carbocycles. The van der Waals surface area contributed by atoms with Crippen LogP contribution >= 0.6 is 0 Å². The second kappa shape index (κ2) is 4.96. The lowest BCUT2D eigenvalue weighted by Gasteiger charge is -2.14. The van der Waals surface area contributed by atoms with E-state index < -0.39 is 11.8 Å². The maximum Gasteiger partial charge on any atom is 0.307 e. The highest BCUT2D eigenvalue weighted by Crippen LogP contribution is 2.30. The van der Waals surface area contributed by atoms with Crippen molar-refractivity contribution in [1.82, 2.24) is 0 Å². The minimum Gasteiger partial charge on any atom is -0.496 e. The van der Waals surface area contributed by atoms with Crippen molar-refractivity contribution in [3.05, 3.63) is 28.6 Å². The van der Waals surface area contributed by atoms with Crippen LogP contribution in [0.15, 0.2) is 6.07 Å². The summed E-state index contributed by atoms with van der Waals surface area (Å²) in [7, 11) is 1.46. The average Bonchev–Trinajstić information content (AvgIpc) is 2.21. The SMILES string of the molecule is CCc1c(CC(=O)O)cc(F)c(C)c1OC. The van der Waals surface area contributed by atoms with Crippen molar-refractivity contribution in [2.45, 2.75) is 26.7 Å². The number of benzene rings is 1. The second-order valence-corrected chi connectivity index (χ2v) is 3.58. The van der Waals surface area contributed by atoms with Crippen molar-refractivity contribution >= 4 is 5.97 Å². The molecule has 1 rings (SSSR count). The van der Waals surface area contributed by atoms with Crippen LogP contribution in [0.4, 0.5) is 4.39 Å². The molecule has 16 heavy (non-hydrogen) atoms. The quantitative estimate of drug-likeness (QED) is 0.857. The third kappa shape index (κ3) is 2.32. The monoisotopic (exact) mass is 226 g/mol. The highest BCUT2D eigenvalue weighted by atomic mass is 19.1. The Morgan fingerprint density at radius 3 is 2.62 bits per heavy atom. The predicted molar refractivity (Wildman–Crippen MR) is 58.4 cm³/mol. The Balaban J connectivity index is 3.37. The molecule has 0 radical (unpaired) electrons. The molecule has 0 atom stereocenters. The van der Waals surface area contributed by atoms with E-state index in [0.29, 0.717) is 23.3 Å². The van der Waals surface area contributed by atoms with E-state index >= 15 is 0 Å². The Hall–Kier alpha value is -1.58. The molecule has 0 aliphatic rings. The number of methoxy groups -OCH3 is 1. The number of carboxylic acids is 1. The summed E-state index contributed by atoms with van der Waals surface area (Å²) in [6, 6.07) is 1.28. The van der Waals surface area contributed by atoms with Crippen LogP contribution in [0.5, 0.6) is 5.75 Å². The first-order valence-electron chi connectivity index (χ1n) is 5.07. The smallest absolute Gasteiger partial charge is 0.307 e. The summed E-state index contributed by atoms with van der Waals surface area (Å²) >= 11 is 0. The molecule has 3 nitrogen and oxygen atoms in total. The van der Waals surface area contributed by atoms with Crippen molar-refractivity contribution in [3.8, 4) is 5.75 Å². The summed E-state index contributed by atoms with van der Waals surface area (Å²) in [5, 5.41) is 8.75. The van der Waals surface area contributed by atoms with E-state index in [9.17, 15) is 9.18 Å². The van der Waals surface area contributed by atoms with Crippen molar-refractivity contribution < 1.29 is 19.0 Å². The molecule has 0 heterocycles. The number of halogens is 1. The highest BCUT2D eigenvalue weighted by Gasteiger charge is 2.16. The molecule has 0 aliphatic heterocycles. The van der Waals surface area contributed by atoms with Gasteiger partial charge in [0.2, 0.25) is 0 Å². The van der Waals surface area contributed by atoms with Gasteiger partial charge < -0.3 is 9.84 Å². The van der Waals surface area contributed by atoms with Crippen LogP contribution in [0.3, 0.4) is 0 Å². The largest absolute Gasteiger partial charge is 0.496 e. The van der Waals surface area contributed by atoms with Crippen molar-refractivity contribution in [2.24, 2.45) is 0 Å². The van der Waals surface area contributed by atoms with Crippen LogP contribution in [-0.4, -0.2) is 18.2 Å². The Kier molecular flexibility index (Phi) is 3.88. The lowest BCUT2D eigenvalue weighted by atomic mass is 9.98. The first-order chi connectivity index (χ1) is 7.51. The Morgan fingerprint density at radius 2 is 2.19 bits per heavy atom. The summed E-state index contributed by atoms with van der Waals surface area (Å²) in [5.74, 6) is -0.941. The lowest BCUT2D eigenvalue weighted by Crippen LogP contribution is -2.07. The van der Waals surface area contributed by atoms with Crippen LogP contribution in [0.2, 0.25) is 0 Å². The molecule has 4 heteroatoms. The van der Waals surface area contributed by atoms with Gasteiger partial charge in [0, 0.05) is 5.56 Å². The van der Waals surface area contributed by atoms with Gasteiger partial charge in [-0.05, 0) is 30.5 Å². The summed E-state index contributed by atoms with van der Waals surface area (Å²) in [5.41, 5.74) is 1.67. The van der Waals surface area contributed by atoms with Crippen LogP contribution in [-0.2, 0) is 17.6 Å². The summed E-state index contributed by atoms with van der Waals surface area (Å²) in [6.45, 7) is 3.51. The van der Waals surface area contributed by atoms with E-state index in [1.165, 1.54) is 13.2 Å². The van der Waals surface area contributed by atoms with Gasteiger partial charge in [-0.1, -0.05) is 6.92 Å². The lowest BCUT2D eigenvalue weighted by molar-refractivity contribution is -0.136. The molecule has 0 aromatic heterocycles. The minimum absolute atomic E-state index is 0.184. The molecule has 0 aliphatic carbocycles. The van der Waals surface area contributed by atoms with Gasteiger partial charge >= 0.3 is 5.97 Å². The fourth-order valence-corrected chi connectivity index (χ4v) is 1.81. The molecule has 1 aromatic rings. The predicted octanol–water partition coefficient (Wildman–Crippen LogP) is 2.33. The molecule has 0 amide bonds. The number of aliphatic carboxylic acids is 1. The molecule has 0 spiro atoms. The van der Waals surface area contributed by atoms with Gasteiger partial charge in [-0.15, -0.1) is 0 Å². The van der Waals surface area contributed by atoms with Gasteiger partial charge in [0.15, 0.2) is 0 Å². The topological polar surface area (TPSA) is 46.5 Å². The maximum absolute atomic E-state index is 13.5. The Morgan fingerprint density at radius 1 is 1.56 bits per heavy atom. The number of hydrogen-bond donors (Lipinski definition) is 1. The molecule has 0 saturated carbocycles. The molecule has 0 bridgehead atoms. The van der Waals surface area contributed by atoms with Gasteiger partial charge in [0.05, 0.1) is 13.5 Å². The molecule has 0 saturated heterocycles. The third-order valence-corrected chi connectivity index (χ3v) is 2.56. The number of carboxylic acid groups (broad SMARTS) is 1. The van der Waals surface area contributed by atoms with Gasteiger partial charge in [0.1, 0.15) is 11.6 Å². The zero-order valence-corrected chi connectivity index (χ0v) is 9.63. The summed E-state index contributed by atoms with van der Waals surface area (Å²) < 4.78 is 18.7. The second-order valence-electron chi connectivity index (χ2n) is 3.58. The summed E-state index contributed by atoms with van der Waals surface area (Å²) in [6.07, 6.45) is 0.434. The number of rotatable bonds is 4. The fourth-order valence-electron chi connectivity index (χ4n) is 1.81. The Bertz CT molecular complexity index is 413. The van der Waals surface area contributed by atoms with Crippen LogP contribution in [0.1, 0.15) is 23.6 Å². The van der Waals surface area contributed by atoms with Gasteiger partial charge in [-0.3, -0.25) is 4.79 Å². The highest BCUT2D eigenvalue weighted by molar-refractivity contribution is 5.71. The first kappa shape index (κ1) is 12.5. The maximum atomic E-state index is 13.5. The number of carbonyl (C=O) groups is 1. The van der Waals surface area contributed by atoms with E-state index in [-0.39, 0.29) is 6.42 Å². The van der Waals surface area contributed by atoms with Crippen LogP contribution < -0.4 is 4.74 Å². The molecule has 88 valence electrons. The Labute approximate surface area is 93.9 Å². The molecule has 0 fully saturated rings. The minimum atomic E-state index is -0.972. The first-order valence-corrected chi connectivity index (χ1v) is 5.07. The van der Waals surface area contributed by atoms with E-state index in [1.807, 2.05) is 6.92 Å². The van der Waals surface area contributed by atoms with E-state index in [0.717, 1.165) is 5.56 Å². The van der Waals surface area contributed by atoms with Crippen molar-refractivity contribution in [3.63, 3.8) is 0 Å². The normalized spacial score (nSPS) is 10.2. The van der Waals surface area contributed by atoms with Gasteiger partial charge in [0.25, 0.3) is 0 Å². The standard InChI is InChI=1S/C12H15FO3/c1-4-9-8(6-11(14)15)5-10(13)7(2)12(9)16-3/h5H,4,6H2,1-3H3,(H,14,15). The summed E-state index contributed by atoms with van der Waals surface area (Å²) in [4.78, 5) is 10.7. The van der Waals surface area contributed by atoms with E-state index in [1.54, 1.807) is 6.92 Å². The number of hydrogen-bond acceptors (Lipinski definition) is 2. The zero-order chi connectivity index (χ0) is 12.3. The van der Waals surface area contributed by atoms with Gasteiger partial charge in [-0.2, -0.15) is 0 Å².